The van der Waals surface area contributed by atoms with E-state index in [9.17, 15) is 4.79 Å². The number of rotatable bonds is 5. The molecule has 1 aromatic carbocycles. The number of piperidine rings is 1. The van der Waals surface area contributed by atoms with Crippen molar-refractivity contribution in [3.05, 3.63) is 40.9 Å². The van der Waals surface area contributed by atoms with Crippen molar-refractivity contribution in [2.45, 2.75) is 39.5 Å². The Bertz CT molecular complexity index is 680. The monoisotopic (exact) mass is 343 g/mol. The molecule has 3 rings (SSSR count). The van der Waals surface area contributed by atoms with E-state index in [0.717, 1.165) is 42.4 Å². The lowest BCUT2D eigenvalue weighted by Crippen LogP contribution is -2.39. The zero-order valence-electron chi connectivity index (χ0n) is 14.4. The van der Waals surface area contributed by atoms with E-state index in [-0.39, 0.29) is 5.91 Å². The number of anilines is 2. The lowest BCUT2D eigenvalue weighted by atomic mass is 10.00. The average molecular weight is 343 g/mol. The molecule has 1 aromatic heterocycles. The van der Waals surface area contributed by atoms with Crippen LogP contribution in [-0.4, -0.2) is 28.9 Å². The van der Waals surface area contributed by atoms with Gasteiger partial charge in [-0.1, -0.05) is 26.0 Å². The van der Waals surface area contributed by atoms with Crippen LogP contribution in [0.2, 0.25) is 0 Å². The molecule has 1 fully saturated rings. The van der Waals surface area contributed by atoms with Crippen LogP contribution in [0.3, 0.4) is 0 Å². The summed E-state index contributed by atoms with van der Waals surface area (Å²) in [6.45, 7) is 6.14. The van der Waals surface area contributed by atoms with E-state index in [0.29, 0.717) is 12.3 Å². The molecule has 1 amide bonds. The van der Waals surface area contributed by atoms with Crippen LogP contribution in [0.15, 0.2) is 29.6 Å². The molecule has 1 saturated heterocycles. The van der Waals surface area contributed by atoms with Gasteiger partial charge in [0.25, 0.3) is 0 Å². The first kappa shape index (κ1) is 17.0. The van der Waals surface area contributed by atoms with Crippen molar-refractivity contribution in [3.63, 3.8) is 0 Å². The Kier molecular flexibility index (Phi) is 5.51. The van der Waals surface area contributed by atoms with Gasteiger partial charge in [0, 0.05) is 24.2 Å². The normalized spacial score (nSPS) is 17.8. The molecule has 0 aliphatic carbocycles. The van der Waals surface area contributed by atoms with Crippen LogP contribution in [0.4, 0.5) is 10.8 Å². The molecule has 4 nitrogen and oxygen atoms in total. The molecule has 0 spiro atoms. The third kappa shape index (κ3) is 4.35. The quantitative estimate of drug-likeness (QED) is 0.883. The Balaban J connectivity index is 1.57. The Morgan fingerprint density at radius 1 is 1.38 bits per heavy atom. The van der Waals surface area contributed by atoms with E-state index in [2.05, 4.69) is 48.4 Å². The number of amides is 1. The van der Waals surface area contributed by atoms with Crippen molar-refractivity contribution < 1.29 is 4.79 Å². The third-order valence-electron chi connectivity index (χ3n) is 4.51. The lowest BCUT2D eigenvalue weighted by molar-refractivity contribution is -0.132. The summed E-state index contributed by atoms with van der Waals surface area (Å²) in [5, 5.41) is 6.14. The summed E-state index contributed by atoms with van der Waals surface area (Å²) in [4.78, 5) is 19.0. The summed E-state index contributed by atoms with van der Waals surface area (Å²) >= 11 is 1.55. The highest BCUT2D eigenvalue weighted by molar-refractivity contribution is 7.13. The number of nitrogens with one attached hydrogen (secondary N) is 1. The second kappa shape index (κ2) is 7.79. The summed E-state index contributed by atoms with van der Waals surface area (Å²) < 4.78 is 0. The van der Waals surface area contributed by atoms with Crippen molar-refractivity contribution in [2.75, 3.05) is 18.4 Å². The molecule has 0 bridgehead atoms. The molecule has 0 radical (unpaired) electrons. The van der Waals surface area contributed by atoms with Crippen LogP contribution < -0.4 is 5.32 Å². The van der Waals surface area contributed by atoms with Crippen molar-refractivity contribution in [2.24, 2.45) is 5.92 Å². The number of hydrogen-bond donors (Lipinski definition) is 1. The zero-order chi connectivity index (χ0) is 16.9. The number of benzene rings is 1. The number of aryl methyl sites for hydroxylation is 1. The first-order chi connectivity index (χ1) is 11.6. The summed E-state index contributed by atoms with van der Waals surface area (Å²) in [5.74, 6) is 0.812. The molecule has 1 aliphatic heterocycles. The Morgan fingerprint density at radius 2 is 2.17 bits per heavy atom. The first-order valence-electron chi connectivity index (χ1n) is 8.72. The highest BCUT2D eigenvalue weighted by Gasteiger charge is 2.21. The number of carbonyl (C=O) groups is 1. The number of likely N-dealkylation sites (tertiary alicyclic amines) is 1. The van der Waals surface area contributed by atoms with Crippen LogP contribution >= 0.6 is 11.3 Å². The molecule has 0 saturated carbocycles. The number of carbonyl (C=O) groups excluding carboxylic acids is 1. The Hall–Kier alpha value is -1.88. The fourth-order valence-electron chi connectivity index (χ4n) is 3.08. The maximum Gasteiger partial charge on any atom is 0.228 e. The van der Waals surface area contributed by atoms with Crippen LogP contribution in [0.25, 0.3) is 0 Å². The number of nitrogens with zero attached hydrogens (tertiary/aromatic N) is 2. The van der Waals surface area contributed by atoms with Gasteiger partial charge in [-0.2, -0.15) is 0 Å². The highest BCUT2D eigenvalue weighted by Crippen LogP contribution is 2.22. The molecule has 24 heavy (non-hydrogen) atoms. The molecule has 128 valence electrons. The molecule has 1 atom stereocenters. The van der Waals surface area contributed by atoms with Gasteiger partial charge >= 0.3 is 0 Å². The topological polar surface area (TPSA) is 45.2 Å². The molecule has 2 aromatic rings. The zero-order valence-corrected chi connectivity index (χ0v) is 15.2. The molecule has 5 heteroatoms. The van der Waals surface area contributed by atoms with Gasteiger partial charge in [0.2, 0.25) is 5.91 Å². The van der Waals surface area contributed by atoms with Crippen molar-refractivity contribution in [1.29, 1.82) is 0 Å². The standard InChI is InChI=1S/C19H25N3OS/c1-3-15-6-8-16(9-7-15)20-19-21-17(13-24-19)11-18(23)22-10-4-5-14(2)12-22/h6-9,13-14H,3-5,10-12H2,1-2H3,(H,20,21). The van der Waals surface area contributed by atoms with Gasteiger partial charge in [-0.3, -0.25) is 4.79 Å². The number of aromatic nitrogens is 1. The van der Waals surface area contributed by atoms with Crippen LogP contribution in [0.1, 0.15) is 37.9 Å². The van der Waals surface area contributed by atoms with Gasteiger partial charge in [-0.25, -0.2) is 4.98 Å². The predicted octanol–water partition coefficient (Wildman–Crippen LogP) is 4.25. The molecule has 2 heterocycles. The van der Waals surface area contributed by atoms with E-state index < -0.39 is 0 Å². The Labute approximate surface area is 147 Å². The van der Waals surface area contributed by atoms with Crippen LogP contribution in [0, 0.1) is 5.92 Å². The van der Waals surface area contributed by atoms with E-state index in [1.54, 1.807) is 11.3 Å². The van der Waals surface area contributed by atoms with Crippen molar-refractivity contribution in [1.82, 2.24) is 9.88 Å². The molecule has 1 N–H and O–H groups in total. The summed E-state index contributed by atoms with van der Waals surface area (Å²) in [6.07, 6.45) is 3.79. The van der Waals surface area contributed by atoms with E-state index in [1.165, 1.54) is 12.0 Å². The first-order valence-corrected chi connectivity index (χ1v) is 9.60. The minimum Gasteiger partial charge on any atom is -0.342 e. The summed E-state index contributed by atoms with van der Waals surface area (Å²) in [5.41, 5.74) is 3.21. The van der Waals surface area contributed by atoms with Gasteiger partial charge in [0.1, 0.15) is 0 Å². The highest BCUT2D eigenvalue weighted by atomic mass is 32.1. The number of thiazole rings is 1. The second-order valence-electron chi connectivity index (χ2n) is 6.58. The third-order valence-corrected chi connectivity index (χ3v) is 5.31. The fraction of sp³-hybridized carbons (Fsp3) is 0.474. The second-order valence-corrected chi connectivity index (χ2v) is 7.44. The molecular formula is C19H25N3OS. The van der Waals surface area contributed by atoms with Gasteiger partial charge in [-0.15, -0.1) is 11.3 Å². The fourth-order valence-corrected chi connectivity index (χ4v) is 3.81. The average Bonchev–Trinajstić information content (AvgIpc) is 3.02. The van der Waals surface area contributed by atoms with Crippen molar-refractivity contribution >= 4 is 28.1 Å². The maximum absolute atomic E-state index is 12.4. The summed E-state index contributed by atoms with van der Waals surface area (Å²) in [7, 11) is 0. The summed E-state index contributed by atoms with van der Waals surface area (Å²) in [6, 6.07) is 8.39. The van der Waals surface area contributed by atoms with Gasteiger partial charge in [0.05, 0.1) is 12.1 Å². The van der Waals surface area contributed by atoms with Gasteiger partial charge in [-0.05, 0) is 42.9 Å². The SMILES string of the molecule is CCc1ccc(Nc2nc(CC(=O)N3CCCC(C)C3)cs2)cc1. The lowest BCUT2D eigenvalue weighted by Gasteiger charge is -2.30. The van der Waals surface area contributed by atoms with E-state index in [1.807, 2.05) is 10.3 Å². The Morgan fingerprint density at radius 3 is 2.88 bits per heavy atom. The van der Waals surface area contributed by atoms with E-state index in [4.69, 9.17) is 0 Å². The predicted molar refractivity (Wildman–Crippen MR) is 99.9 cm³/mol. The smallest absolute Gasteiger partial charge is 0.228 e. The van der Waals surface area contributed by atoms with Crippen molar-refractivity contribution in [3.8, 4) is 0 Å². The molecule has 1 aliphatic rings. The van der Waals surface area contributed by atoms with Crippen LogP contribution in [-0.2, 0) is 17.6 Å². The van der Waals surface area contributed by atoms with Gasteiger partial charge in [0.15, 0.2) is 5.13 Å². The van der Waals surface area contributed by atoms with Gasteiger partial charge < -0.3 is 10.2 Å². The molecule has 1 unspecified atom stereocenters. The largest absolute Gasteiger partial charge is 0.342 e. The molecular weight excluding hydrogens is 318 g/mol. The maximum atomic E-state index is 12.4. The van der Waals surface area contributed by atoms with Crippen LogP contribution in [0.5, 0.6) is 0 Å². The minimum absolute atomic E-state index is 0.200. The number of hydrogen-bond acceptors (Lipinski definition) is 4. The minimum atomic E-state index is 0.200. The van der Waals surface area contributed by atoms with E-state index >= 15 is 0 Å².